The van der Waals surface area contributed by atoms with Gasteiger partial charge >= 0.3 is 0 Å². The molecular weight excluding hydrogens is 174 g/mol. The minimum Gasteiger partial charge on any atom is -0.299 e. The molecule has 1 aliphatic heterocycles. The van der Waals surface area contributed by atoms with Crippen molar-refractivity contribution in [3.05, 3.63) is 30.1 Å². The van der Waals surface area contributed by atoms with E-state index in [4.69, 9.17) is 5.73 Å². The topological polar surface area (TPSA) is 39.9 Å². The third kappa shape index (κ3) is 2.53. The smallest absolute Gasteiger partial charge is 0.0271 e. The number of nitrogens with one attached hydrogen (secondary N) is 1. The third-order valence-electron chi connectivity index (χ3n) is 2.74. The largest absolute Gasteiger partial charge is 0.299 e. The van der Waals surface area contributed by atoms with Gasteiger partial charge in [-0.1, -0.05) is 0 Å². The Balaban J connectivity index is 1.87. The Morgan fingerprint density at radius 3 is 2.57 bits per heavy atom. The van der Waals surface area contributed by atoms with E-state index in [1.54, 1.807) is 0 Å². The molecule has 1 saturated heterocycles. The lowest BCUT2D eigenvalue weighted by Crippen LogP contribution is -2.35. The van der Waals surface area contributed by atoms with Crippen LogP contribution in [0.1, 0.15) is 18.4 Å². The van der Waals surface area contributed by atoms with E-state index < -0.39 is 0 Å². The summed E-state index contributed by atoms with van der Waals surface area (Å²) in [6, 6.07) is 4.29. The molecule has 0 unspecified atom stereocenters. The standard InChI is InChI=1S/C11H16N3/c12-11-3-7-14(8-4-11)9-10-1-5-13-6-2-10/h1-2,5-6,11-12H,3-4,7-9H2. The lowest BCUT2D eigenvalue weighted by Gasteiger charge is -2.29. The quantitative estimate of drug-likeness (QED) is 0.705. The predicted octanol–water partition coefficient (Wildman–Crippen LogP) is 1.33. The predicted molar refractivity (Wildman–Crippen MR) is 55.6 cm³/mol. The third-order valence-corrected chi connectivity index (χ3v) is 2.74. The van der Waals surface area contributed by atoms with E-state index in [0.717, 1.165) is 32.5 Å². The van der Waals surface area contributed by atoms with E-state index in [-0.39, 0.29) is 6.04 Å². The zero-order chi connectivity index (χ0) is 9.80. The number of piperidine rings is 1. The van der Waals surface area contributed by atoms with Crippen LogP contribution in [0.25, 0.3) is 0 Å². The number of aromatic nitrogens is 1. The number of hydrogen-bond acceptors (Lipinski definition) is 2. The van der Waals surface area contributed by atoms with Crippen LogP contribution in [0.15, 0.2) is 24.5 Å². The molecule has 1 fully saturated rings. The molecule has 3 heteroatoms. The summed E-state index contributed by atoms with van der Waals surface area (Å²) in [5.41, 5.74) is 8.93. The summed E-state index contributed by atoms with van der Waals surface area (Å²) in [5, 5.41) is 0. The fourth-order valence-electron chi connectivity index (χ4n) is 1.84. The first kappa shape index (κ1) is 9.62. The highest BCUT2D eigenvalue weighted by Gasteiger charge is 2.15. The van der Waals surface area contributed by atoms with Crippen molar-refractivity contribution < 1.29 is 0 Å². The van der Waals surface area contributed by atoms with Gasteiger partial charge in [-0.05, 0) is 30.5 Å². The highest BCUT2D eigenvalue weighted by molar-refractivity contribution is 5.09. The summed E-state index contributed by atoms with van der Waals surface area (Å²) >= 11 is 0. The molecule has 0 aromatic carbocycles. The number of pyridine rings is 1. The maximum atomic E-state index is 7.61. The number of hydrogen-bond donors (Lipinski definition) is 0. The van der Waals surface area contributed by atoms with E-state index in [9.17, 15) is 0 Å². The summed E-state index contributed by atoms with van der Waals surface area (Å²) in [6.45, 7) is 3.14. The van der Waals surface area contributed by atoms with Crippen LogP contribution in [0.5, 0.6) is 0 Å². The zero-order valence-corrected chi connectivity index (χ0v) is 8.32. The van der Waals surface area contributed by atoms with Crippen LogP contribution in [-0.4, -0.2) is 29.0 Å². The van der Waals surface area contributed by atoms with Gasteiger partial charge in [0.2, 0.25) is 0 Å². The van der Waals surface area contributed by atoms with E-state index >= 15 is 0 Å². The van der Waals surface area contributed by atoms with Gasteiger partial charge in [-0.15, -0.1) is 0 Å². The van der Waals surface area contributed by atoms with Gasteiger partial charge in [0.1, 0.15) is 0 Å². The van der Waals surface area contributed by atoms with Gasteiger partial charge in [-0.3, -0.25) is 15.6 Å². The normalized spacial score (nSPS) is 19.8. The second-order valence-corrected chi connectivity index (χ2v) is 3.91. The van der Waals surface area contributed by atoms with Gasteiger partial charge in [0, 0.05) is 38.1 Å². The van der Waals surface area contributed by atoms with Crippen LogP contribution < -0.4 is 5.73 Å². The molecule has 0 spiro atoms. The first-order chi connectivity index (χ1) is 6.84. The average Bonchev–Trinajstić information content (AvgIpc) is 2.23. The molecule has 0 bridgehead atoms. The number of nitrogens with zero attached hydrogens (tertiary/aromatic N) is 2. The molecule has 14 heavy (non-hydrogen) atoms. The van der Waals surface area contributed by atoms with E-state index in [1.165, 1.54) is 5.56 Å². The van der Waals surface area contributed by atoms with Crippen molar-refractivity contribution in [2.45, 2.75) is 25.4 Å². The molecule has 1 aromatic rings. The summed E-state index contributed by atoms with van der Waals surface area (Å²) in [7, 11) is 0. The molecule has 0 saturated carbocycles. The van der Waals surface area contributed by atoms with Crippen molar-refractivity contribution in [2.75, 3.05) is 13.1 Å². The van der Waals surface area contributed by atoms with Crippen molar-refractivity contribution in [2.24, 2.45) is 0 Å². The number of likely N-dealkylation sites (tertiary alicyclic amines) is 1. The van der Waals surface area contributed by atoms with Crippen molar-refractivity contribution in [3.63, 3.8) is 0 Å². The second-order valence-electron chi connectivity index (χ2n) is 3.91. The number of rotatable bonds is 2. The zero-order valence-electron chi connectivity index (χ0n) is 8.32. The second kappa shape index (κ2) is 4.53. The molecular formula is C11H16N3. The SMILES string of the molecule is [NH]C1CCN(Cc2ccncc2)CC1. The summed E-state index contributed by atoms with van der Waals surface area (Å²) in [6.07, 6.45) is 5.72. The molecule has 0 atom stereocenters. The maximum Gasteiger partial charge on any atom is 0.0271 e. The van der Waals surface area contributed by atoms with Gasteiger partial charge in [0.25, 0.3) is 0 Å². The van der Waals surface area contributed by atoms with Crippen LogP contribution >= 0.6 is 0 Å². The van der Waals surface area contributed by atoms with Crippen LogP contribution in [0.3, 0.4) is 0 Å². The summed E-state index contributed by atoms with van der Waals surface area (Å²) in [5.74, 6) is 0. The van der Waals surface area contributed by atoms with Crippen LogP contribution in [-0.2, 0) is 6.54 Å². The Bertz CT molecular complexity index is 265. The van der Waals surface area contributed by atoms with Gasteiger partial charge in [0.15, 0.2) is 0 Å². The molecule has 3 nitrogen and oxygen atoms in total. The van der Waals surface area contributed by atoms with Crippen LogP contribution in [0, 0.1) is 0 Å². The van der Waals surface area contributed by atoms with Gasteiger partial charge in [0.05, 0.1) is 0 Å². The first-order valence-corrected chi connectivity index (χ1v) is 5.17. The van der Waals surface area contributed by atoms with Gasteiger partial charge < -0.3 is 0 Å². The molecule has 0 amide bonds. The van der Waals surface area contributed by atoms with Crippen molar-refractivity contribution >= 4 is 0 Å². The van der Waals surface area contributed by atoms with Crippen molar-refractivity contribution in [1.29, 1.82) is 0 Å². The van der Waals surface area contributed by atoms with E-state index in [1.807, 2.05) is 12.4 Å². The molecule has 1 aromatic heterocycles. The Kier molecular flexibility index (Phi) is 3.11. The molecule has 1 aliphatic rings. The highest BCUT2D eigenvalue weighted by atomic mass is 15.1. The monoisotopic (exact) mass is 190 g/mol. The molecule has 1 N–H and O–H groups in total. The molecule has 2 rings (SSSR count). The fraction of sp³-hybridized carbons (Fsp3) is 0.545. The minimum atomic E-state index is 0.170. The molecule has 75 valence electrons. The lowest BCUT2D eigenvalue weighted by molar-refractivity contribution is 0.203. The van der Waals surface area contributed by atoms with Crippen LogP contribution in [0.2, 0.25) is 0 Å². The van der Waals surface area contributed by atoms with E-state index in [0.29, 0.717) is 0 Å². The Morgan fingerprint density at radius 1 is 1.29 bits per heavy atom. The summed E-state index contributed by atoms with van der Waals surface area (Å²) in [4.78, 5) is 6.42. The molecule has 2 heterocycles. The Labute approximate surface area is 84.9 Å². The highest BCUT2D eigenvalue weighted by Crippen LogP contribution is 2.12. The van der Waals surface area contributed by atoms with Gasteiger partial charge in [-0.25, -0.2) is 0 Å². The molecule has 1 radical (unpaired) electrons. The van der Waals surface area contributed by atoms with Crippen molar-refractivity contribution in [3.8, 4) is 0 Å². The Hall–Kier alpha value is -0.930. The van der Waals surface area contributed by atoms with E-state index in [2.05, 4.69) is 22.0 Å². The van der Waals surface area contributed by atoms with Crippen molar-refractivity contribution in [1.82, 2.24) is 15.6 Å². The first-order valence-electron chi connectivity index (χ1n) is 5.17. The summed E-state index contributed by atoms with van der Waals surface area (Å²) < 4.78 is 0. The minimum absolute atomic E-state index is 0.170. The van der Waals surface area contributed by atoms with Crippen LogP contribution in [0.4, 0.5) is 0 Å². The Morgan fingerprint density at radius 2 is 1.93 bits per heavy atom. The van der Waals surface area contributed by atoms with Gasteiger partial charge in [-0.2, -0.15) is 0 Å². The fourth-order valence-corrected chi connectivity index (χ4v) is 1.84. The lowest BCUT2D eigenvalue weighted by atomic mass is 10.1. The maximum absolute atomic E-state index is 7.61. The molecule has 0 aliphatic carbocycles. The average molecular weight is 190 g/mol.